The summed E-state index contributed by atoms with van der Waals surface area (Å²) < 4.78 is 16.3. The van der Waals surface area contributed by atoms with Crippen molar-refractivity contribution in [1.29, 1.82) is 0 Å². The van der Waals surface area contributed by atoms with Crippen LogP contribution < -0.4 is 24.4 Å². The molecule has 0 heterocycles. The van der Waals surface area contributed by atoms with Crippen molar-refractivity contribution in [1.82, 2.24) is 5.32 Å². The first kappa shape index (κ1) is 20.6. The molecule has 0 saturated heterocycles. The third kappa shape index (κ3) is 6.49. The Balaban J connectivity index is 1.74. The minimum atomic E-state index is -0.0113. The highest BCUT2D eigenvalue weighted by Gasteiger charge is 2.13. The molecule has 6 heteroatoms. The summed E-state index contributed by atoms with van der Waals surface area (Å²) in [5, 5.41) is 2.89. The molecule has 0 aromatic heterocycles. The number of para-hydroxylation sites is 2. The van der Waals surface area contributed by atoms with Crippen LogP contribution >= 0.6 is 0 Å². The normalized spacial score (nSPS) is 11.6. The monoisotopic (exact) mass is 373 g/mol. The molecule has 0 saturated carbocycles. The first-order valence-corrected chi connectivity index (χ1v) is 9.00. The summed E-state index contributed by atoms with van der Waals surface area (Å²) in [5.74, 6) is 2.19. The Morgan fingerprint density at radius 2 is 1.74 bits per heavy atom. The molecule has 0 aliphatic rings. The van der Waals surface area contributed by atoms with Crippen LogP contribution in [-0.2, 0) is 11.3 Å². The van der Waals surface area contributed by atoms with Crippen LogP contribution in [0, 0.1) is 6.92 Å². The van der Waals surface area contributed by atoms with Gasteiger partial charge in [0.25, 0.3) is 5.91 Å². The van der Waals surface area contributed by atoms with Gasteiger partial charge in [0.2, 0.25) is 0 Å². The fourth-order valence-corrected chi connectivity index (χ4v) is 2.86. The molecule has 27 heavy (non-hydrogen) atoms. The van der Waals surface area contributed by atoms with Crippen molar-refractivity contribution in [2.45, 2.75) is 13.5 Å². The number of aryl methyl sites for hydroxylation is 1. The van der Waals surface area contributed by atoms with Crippen molar-refractivity contribution in [2.24, 2.45) is 0 Å². The Labute approximate surface area is 161 Å². The number of likely N-dealkylation sites (N-methyl/N-ethyl adjacent to an activating group) is 1. The Kier molecular flexibility index (Phi) is 7.95. The predicted molar refractivity (Wildman–Crippen MR) is 105 cm³/mol. The third-order valence-electron chi connectivity index (χ3n) is 4.14. The SMILES string of the molecule is COc1ccc(C)cc1C[NH+](C)CC(=O)NCCOc1ccccc1OC. The average molecular weight is 373 g/mol. The van der Waals surface area contributed by atoms with Gasteiger partial charge in [0.1, 0.15) is 18.9 Å². The van der Waals surface area contributed by atoms with Gasteiger partial charge in [0.15, 0.2) is 18.0 Å². The van der Waals surface area contributed by atoms with Crippen molar-refractivity contribution in [3.63, 3.8) is 0 Å². The molecule has 2 rings (SSSR count). The maximum Gasteiger partial charge on any atom is 0.275 e. The molecule has 0 radical (unpaired) electrons. The Bertz CT molecular complexity index is 749. The lowest BCUT2D eigenvalue weighted by Gasteiger charge is -2.16. The zero-order chi connectivity index (χ0) is 19.6. The highest BCUT2D eigenvalue weighted by molar-refractivity contribution is 5.76. The number of ether oxygens (including phenoxy) is 3. The van der Waals surface area contributed by atoms with E-state index in [2.05, 4.69) is 11.4 Å². The minimum Gasteiger partial charge on any atom is -0.496 e. The lowest BCUT2D eigenvalue weighted by Crippen LogP contribution is -3.08. The first-order chi connectivity index (χ1) is 13.0. The summed E-state index contributed by atoms with van der Waals surface area (Å²) in [5.41, 5.74) is 2.28. The number of methoxy groups -OCH3 is 2. The van der Waals surface area contributed by atoms with E-state index in [4.69, 9.17) is 14.2 Å². The smallest absolute Gasteiger partial charge is 0.275 e. The molecule has 2 N–H and O–H groups in total. The molecule has 2 aromatic rings. The maximum absolute atomic E-state index is 12.2. The van der Waals surface area contributed by atoms with E-state index in [0.29, 0.717) is 31.2 Å². The first-order valence-electron chi connectivity index (χ1n) is 9.00. The van der Waals surface area contributed by atoms with Crippen LogP contribution in [0.4, 0.5) is 0 Å². The van der Waals surface area contributed by atoms with Crippen molar-refractivity contribution in [2.75, 3.05) is 41.0 Å². The molecule has 6 nitrogen and oxygen atoms in total. The second-order valence-electron chi connectivity index (χ2n) is 6.48. The fourth-order valence-electron chi connectivity index (χ4n) is 2.86. The molecule has 0 bridgehead atoms. The topological polar surface area (TPSA) is 61.2 Å². The van der Waals surface area contributed by atoms with Gasteiger partial charge in [0.05, 0.1) is 27.8 Å². The number of rotatable bonds is 10. The zero-order valence-electron chi connectivity index (χ0n) is 16.5. The average Bonchev–Trinajstić information content (AvgIpc) is 2.65. The molecule has 0 spiro atoms. The minimum absolute atomic E-state index is 0.0113. The van der Waals surface area contributed by atoms with Crippen molar-refractivity contribution < 1.29 is 23.9 Å². The van der Waals surface area contributed by atoms with Gasteiger partial charge in [-0.3, -0.25) is 4.79 Å². The predicted octanol–water partition coefficient (Wildman–Crippen LogP) is 1.22. The van der Waals surface area contributed by atoms with E-state index in [9.17, 15) is 4.79 Å². The van der Waals surface area contributed by atoms with Crippen molar-refractivity contribution in [3.8, 4) is 17.2 Å². The molecular formula is C21H29N2O4+. The van der Waals surface area contributed by atoms with E-state index in [-0.39, 0.29) is 5.91 Å². The zero-order valence-corrected chi connectivity index (χ0v) is 16.5. The molecule has 2 aromatic carbocycles. The van der Waals surface area contributed by atoms with Crippen LogP contribution in [0.1, 0.15) is 11.1 Å². The summed E-state index contributed by atoms with van der Waals surface area (Å²) in [4.78, 5) is 13.2. The highest BCUT2D eigenvalue weighted by Crippen LogP contribution is 2.25. The number of carbonyl (C=O) groups is 1. The molecule has 146 valence electrons. The standard InChI is InChI=1S/C21H28N2O4/c1-16-9-10-18(25-3)17(13-16)14-23(2)15-21(24)22-11-12-27-20-8-6-5-7-19(20)26-4/h5-10,13H,11-12,14-15H2,1-4H3,(H,22,24)/p+1. The van der Waals surface area contributed by atoms with Crippen LogP contribution in [0.3, 0.4) is 0 Å². The quantitative estimate of drug-likeness (QED) is 0.615. The fraction of sp³-hybridized carbons (Fsp3) is 0.381. The summed E-state index contributed by atoms with van der Waals surface area (Å²) in [7, 11) is 5.26. The molecule has 1 amide bonds. The number of nitrogens with one attached hydrogen (secondary N) is 2. The molecule has 1 unspecified atom stereocenters. The molecule has 1 atom stereocenters. The van der Waals surface area contributed by atoms with Crippen LogP contribution in [-0.4, -0.2) is 46.9 Å². The van der Waals surface area contributed by atoms with E-state index in [1.165, 1.54) is 5.56 Å². The van der Waals surface area contributed by atoms with E-state index < -0.39 is 0 Å². The summed E-state index contributed by atoms with van der Waals surface area (Å²) in [6, 6.07) is 13.5. The number of hydrogen-bond acceptors (Lipinski definition) is 4. The van der Waals surface area contributed by atoms with Gasteiger partial charge in [-0.15, -0.1) is 0 Å². The Morgan fingerprint density at radius 1 is 1.04 bits per heavy atom. The number of benzene rings is 2. The van der Waals surface area contributed by atoms with Gasteiger partial charge >= 0.3 is 0 Å². The highest BCUT2D eigenvalue weighted by atomic mass is 16.5. The van der Waals surface area contributed by atoms with Crippen LogP contribution in [0.2, 0.25) is 0 Å². The maximum atomic E-state index is 12.2. The van der Waals surface area contributed by atoms with E-state index >= 15 is 0 Å². The van der Waals surface area contributed by atoms with Gasteiger partial charge in [0, 0.05) is 5.56 Å². The number of hydrogen-bond donors (Lipinski definition) is 2. The lowest BCUT2D eigenvalue weighted by atomic mass is 10.1. The lowest BCUT2D eigenvalue weighted by molar-refractivity contribution is -0.885. The third-order valence-corrected chi connectivity index (χ3v) is 4.14. The van der Waals surface area contributed by atoms with Gasteiger partial charge in [-0.1, -0.05) is 23.8 Å². The summed E-state index contributed by atoms with van der Waals surface area (Å²) in [6.07, 6.45) is 0. The molecule has 0 aliphatic carbocycles. The van der Waals surface area contributed by atoms with Gasteiger partial charge in [-0.2, -0.15) is 0 Å². The van der Waals surface area contributed by atoms with Gasteiger partial charge in [-0.05, 0) is 31.2 Å². The molecule has 0 aliphatic heterocycles. The van der Waals surface area contributed by atoms with E-state index in [1.54, 1.807) is 14.2 Å². The number of quaternary nitrogens is 1. The van der Waals surface area contributed by atoms with Crippen LogP contribution in [0.25, 0.3) is 0 Å². The van der Waals surface area contributed by atoms with Crippen molar-refractivity contribution in [3.05, 3.63) is 53.6 Å². The largest absolute Gasteiger partial charge is 0.496 e. The second kappa shape index (κ2) is 10.4. The molecular weight excluding hydrogens is 344 g/mol. The Morgan fingerprint density at radius 3 is 2.44 bits per heavy atom. The van der Waals surface area contributed by atoms with Crippen LogP contribution in [0.5, 0.6) is 17.2 Å². The number of amides is 1. The second-order valence-corrected chi connectivity index (χ2v) is 6.48. The summed E-state index contributed by atoms with van der Waals surface area (Å²) >= 11 is 0. The van der Waals surface area contributed by atoms with Crippen molar-refractivity contribution >= 4 is 5.91 Å². The molecule has 0 fully saturated rings. The van der Waals surface area contributed by atoms with Gasteiger partial charge in [-0.25, -0.2) is 0 Å². The van der Waals surface area contributed by atoms with E-state index in [1.807, 2.05) is 50.4 Å². The van der Waals surface area contributed by atoms with Gasteiger partial charge < -0.3 is 24.4 Å². The Hall–Kier alpha value is -2.73. The van der Waals surface area contributed by atoms with Crippen LogP contribution in [0.15, 0.2) is 42.5 Å². The number of carbonyl (C=O) groups excluding carboxylic acids is 1. The van der Waals surface area contributed by atoms with E-state index in [0.717, 1.165) is 22.8 Å². The summed E-state index contributed by atoms with van der Waals surface area (Å²) in [6.45, 7) is 3.98.